The fourth-order valence-electron chi connectivity index (χ4n) is 2.57. The van der Waals surface area contributed by atoms with E-state index in [2.05, 4.69) is 22.0 Å². The molecule has 0 aromatic heterocycles. The van der Waals surface area contributed by atoms with Gasteiger partial charge in [0.2, 0.25) is 5.78 Å². The highest BCUT2D eigenvalue weighted by molar-refractivity contribution is 9.10. The molecule has 0 aliphatic rings. The van der Waals surface area contributed by atoms with Gasteiger partial charge in [0.25, 0.3) is 0 Å². The van der Waals surface area contributed by atoms with Gasteiger partial charge in [-0.2, -0.15) is 5.26 Å². The first kappa shape index (κ1) is 17.9. The fraction of sp³-hybridized carbons (Fsp3) is 0.0909. The first-order valence-corrected chi connectivity index (χ1v) is 8.93. The van der Waals surface area contributed by atoms with Crippen molar-refractivity contribution in [3.63, 3.8) is 0 Å². The smallest absolute Gasteiger partial charge is 0.202 e. The van der Waals surface area contributed by atoms with E-state index in [9.17, 15) is 4.79 Å². The molecule has 0 bridgehead atoms. The molecule has 3 rings (SSSR count). The van der Waals surface area contributed by atoms with Crippen LogP contribution in [0.1, 0.15) is 22.8 Å². The average Bonchev–Trinajstić information content (AvgIpc) is 2.68. The number of hydrogen-bond acceptors (Lipinski definition) is 3. The van der Waals surface area contributed by atoms with Gasteiger partial charge >= 0.3 is 0 Å². The molecule has 0 spiro atoms. The number of ketones is 1. The van der Waals surface area contributed by atoms with Crippen molar-refractivity contribution in [1.82, 2.24) is 0 Å². The van der Waals surface area contributed by atoms with E-state index in [1.54, 1.807) is 31.2 Å². The second-order valence-corrected chi connectivity index (χ2v) is 6.76. The van der Waals surface area contributed by atoms with E-state index in [1.165, 1.54) is 0 Å². The van der Waals surface area contributed by atoms with Gasteiger partial charge in [0, 0.05) is 10.0 Å². The normalized spacial score (nSPS) is 11.4. The number of carbonyl (C=O) groups excluding carboxylic acids is 1. The Labute approximate surface area is 161 Å². The molecule has 0 radical (unpaired) electrons. The summed E-state index contributed by atoms with van der Waals surface area (Å²) in [6.07, 6.45) is -0.572. The van der Waals surface area contributed by atoms with Crippen molar-refractivity contribution in [3.05, 3.63) is 88.4 Å². The summed E-state index contributed by atoms with van der Waals surface area (Å²) in [4.78, 5) is 12.4. The third-order valence-electron chi connectivity index (χ3n) is 4.01. The van der Waals surface area contributed by atoms with Crippen molar-refractivity contribution < 1.29 is 9.53 Å². The van der Waals surface area contributed by atoms with Crippen molar-refractivity contribution in [1.29, 1.82) is 5.26 Å². The van der Waals surface area contributed by atoms with Gasteiger partial charge in [-0.1, -0.05) is 52.3 Å². The quantitative estimate of drug-likeness (QED) is 0.516. The van der Waals surface area contributed by atoms with E-state index in [1.807, 2.05) is 48.5 Å². The Balaban J connectivity index is 1.69. The van der Waals surface area contributed by atoms with Crippen LogP contribution in [0.2, 0.25) is 0 Å². The fourth-order valence-corrected chi connectivity index (χ4v) is 2.83. The van der Waals surface area contributed by atoms with E-state index in [0.717, 1.165) is 15.6 Å². The van der Waals surface area contributed by atoms with Crippen LogP contribution in [0.3, 0.4) is 0 Å². The summed E-state index contributed by atoms with van der Waals surface area (Å²) >= 11 is 3.36. The predicted octanol–water partition coefficient (Wildman–Crippen LogP) is 5.64. The molecule has 128 valence electrons. The zero-order valence-electron chi connectivity index (χ0n) is 14.1. The summed E-state index contributed by atoms with van der Waals surface area (Å²) in [6.45, 7) is 1.75. The standard InChI is InChI=1S/C22H16BrNO2/c1-15(22(25)19-6-10-20(23)11-7-19)26-21-12-8-18(9-13-21)17-4-2-16(14-24)3-5-17/h2-13,15H,1H3/t15-/m0/s1. The molecule has 0 aliphatic heterocycles. The Morgan fingerprint density at radius 1 is 0.923 bits per heavy atom. The van der Waals surface area contributed by atoms with Gasteiger partial charge in [-0.05, 0) is 54.4 Å². The van der Waals surface area contributed by atoms with Crippen molar-refractivity contribution in [2.45, 2.75) is 13.0 Å². The van der Waals surface area contributed by atoms with E-state index < -0.39 is 6.10 Å². The lowest BCUT2D eigenvalue weighted by Gasteiger charge is -2.14. The first-order valence-electron chi connectivity index (χ1n) is 8.14. The SMILES string of the molecule is C[C@H](Oc1ccc(-c2ccc(C#N)cc2)cc1)C(=O)c1ccc(Br)cc1. The molecule has 0 amide bonds. The number of ether oxygens (including phenoxy) is 1. The Hall–Kier alpha value is -2.90. The highest BCUT2D eigenvalue weighted by Crippen LogP contribution is 2.24. The lowest BCUT2D eigenvalue weighted by atomic mass is 10.0. The highest BCUT2D eigenvalue weighted by Gasteiger charge is 2.16. The third-order valence-corrected chi connectivity index (χ3v) is 4.54. The topological polar surface area (TPSA) is 50.1 Å². The van der Waals surface area contributed by atoms with Gasteiger partial charge in [-0.25, -0.2) is 0 Å². The number of rotatable bonds is 5. The van der Waals surface area contributed by atoms with E-state index >= 15 is 0 Å². The van der Waals surface area contributed by atoms with E-state index in [-0.39, 0.29) is 5.78 Å². The van der Waals surface area contributed by atoms with Crippen LogP contribution in [0.5, 0.6) is 5.75 Å². The van der Waals surface area contributed by atoms with Crippen molar-refractivity contribution >= 4 is 21.7 Å². The Kier molecular flexibility index (Phi) is 5.50. The number of Topliss-reactive ketones (excluding diaryl/α,β-unsaturated/α-hetero) is 1. The van der Waals surface area contributed by atoms with Crippen molar-refractivity contribution in [2.24, 2.45) is 0 Å². The van der Waals surface area contributed by atoms with Crippen LogP contribution in [0.15, 0.2) is 77.3 Å². The van der Waals surface area contributed by atoms with Crippen LogP contribution < -0.4 is 4.74 Å². The second kappa shape index (κ2) is 7.99. The van der Waals surface area contributed by atoms with Gasteiger partial charge in [0.1, 0.15) is 5.75 Å². The minimum atomic E-state index is -0.572. The summed E-state index contributed by atoms with van der Waals surface area (Å²) in [5, 5.41) is 8.86. The number of halogens is 1. The van der Waals surface area contributed by atoms with Gasteiger partial charge in [-0.3, -0.25) is 4.79 Å². The van der Waals surface area contributed by atoms with Gasteiger partial charge in [0.05, 0.1) is 11.6 Å². The average molecular weight is 406 g/mol. The maximum Gasteiger partial charge on any atom is 0.202 e. The van der Waals surface area contributed by atoms with Crippen LogP contribution in [0, 0.1) is 11.3 Å². The molecule has 0 fully saturated rings. The molecule has 0 saturated carbocycles. The second-order valence-electron chi connectivity index (χ2n) is 5.84. The minimum Gasteiger partial charge on any atom is -0.483 e. The largest absolute Gasteiger partial charge is 0.483 e. The molecule has 26 heavy (non-hydrogen) atoms. The summed E-state index contributed by atoms with van der Waals surface area (Å²) in [6, 6.07) is 24.3. The van der Waals surface area contributed by atoms with Gasteiger partial charge in [-0.15, -0.1) is 0 Å². The minimum absolute atomic E-state index is 0.0614. The summed E-state index contributed by atoms with van der Waals surface area (Å²) < 4.78 is 6.72. The van der Waals surface area contributed by atoms with Crippen LogP contribution in [-0.4, -0.2) is 11.9 Å². The van der Waals surface area contributed by atoms with Gasteiger partial charge in [0.15, 0.2) is 6.10 Å². The lowest BCUT2D eigenvalue weighted by molar-refractivity contribution is 0.0818. The number of hydrogen-bond donors (Lipinski definition) is 0. The molecule has 0 N–H and O–H groups in total. The molecule has 0 saturated heterocycles. The maximum atomic E-state index is 12.4. The molecule has 0 unspecified atom stereocenters. The van der Waals surface area contributed by atoms with Crippen LogP contribution in [0.25, 0.3) is 11.1 Å². The summed E-state index contributed by atoms with van der Waals surface area (Å²) in [5.74, 6) is 0.578. The predicted molar refractivity (Wildman–Crippen MR) is 105 cm³/mol. The first-order chi connectivity index (χ1) is 12.6. The molecule has 1 atom stereocenters. The van der Waals surface area contributed by atoms with Crippen molar-refractivity contribution in [2.75, 3.05) is 0 Å². The zero-order valence-corrected chi connectivity index (χ0v) is 15.7. The summed E-state index contributed by atoms with van der Waals surface area (Å²) in [7, 11) is 0. The van der Waals surface area contributed by atoms with Crippen molar-refractivity contribution in [3.8, 4) is 22.9 Å². The summed E-state index contributed by atoms with van der Waals surface area (Å²) in [5.41, 5.74) is 3.30. The molecule has 3 nitrogen and oxygen atoms in total. The molecule has 4 heteroatoms. The highest BCUT2D eigenvalue weighted by atomic mass is 79.9. The van der Waals surface area contributed by atoms with Gasteiger partial charge < -0.3 is 4.74 Å². The number of nitrogens with zero attached hydrogens (tertiary/aromatic N) is 1. The molecule has 3 aromatic carbocycles. The monoisotopic (exact) mass is 405 g/mol. The van der Waals surface area contributed by atoms with Crippen LogP contribution in [0.4, 0.5) is 0 Å². The Morgan fingerprint density at radius 2 is 1.46 bits per heavy atom. The molecule has 3 aromatic rings. The molecule has 0 aliphatic carbocycles. The van der Waals surface area contributed by atoms with Crippen LogP contribution in [-0.2, 0) is 0 Å². The molecule has 0 heterocycles. The molecular formula is C22H16BrNO2. The van der Waals surface area contributed by atoms with E-state index in [0.29, 0.717) is 16.9 Å². The Morgan fingerprint density at radius 3 is 2.00 bits per heavy atom. The number of carbonyl (C=O) groups is 1. The zero-order chi connectivity index (χ0) is 18.5. The maximum absolute atomic E-state index is 12.4. The molecular weight excluding hydrogens is 390 g/mol. The number of benzene rings is 3. The lowest BCUT2D eigenvalue weighted by Crippen LogP contribution is -2.23. The van der Waals surface area contributed by atoms with E-state index in [4.69, 9.17) is 10.00 Å². The van der Waals surface area contributed by atoms with Crippen LogP contribution >= 0.6 is 15.9 Å². The number of nitriles is 1. The third kappa shape index (κ3) is 4.19. The Bertz CT molecular complexity index is 939.